The maximum atomic E-state index is 4.60. The molecule has 1 atom stereocenters. The van der Waals surface area contributed by atoms with Gasteiger partial charge in [-0.1, -0.05) is 123 Å². The standard InChI is InChI=1S/C26H44N6.C11H14.2C2H6.CH4S/c1-9-20(6)24(28-12-4)16-14-15-23(10-2)17-18-32(13-5)26-21(7)25(29-19-30-26)31-22(8)27-11-3;1-10(2)8-9-11-6-4-3-5-7-11;3*1-2/h9,12,19,23,27H,1,8,10-11,13-18H2,2-7H3,(H,29,30,31);3-10H,1-2H3;2*1-2H3;2H,1H3/b24-20+,28-12?;9-8+;;;. The predicted octanol–water partition coefficient (Wildman–Crippen LogP) is 12.2. The summed E-state index contributed by atoms with van der Waals surface area (Å²) in [6, 6.07) is 10.4. The number of aliphatic imine (C=N–C) groups is 1. The van der Waals surface area contributed by atoms with E-state index in [1.54, 1.807) is 12.6 Å². The van der Waals surface area contributed by atoms with E-state index in [1.807, 2.05) is 59.9 Å². The van der Waals surface area contributed by atoms with Gasteiger partial charge in [0.15, 0.2) is 0 Å². The minimum absolute atomic E-state index is 0.634. The molecule has 0 saturated heterocycles. The number of hydrogen-bond donors (Lipinski definition) is 3. The topological polar surface area (TPSA) is 65.4 Å². The van der Waals surface area contributed by atoms with Crippen LogP contribution in [0.4, 0.5) is 11.6 Å². The number of nitrogens with zero attached hydrogens (tertiary/aromatic N) is 4. The summed E-state index contributed by atoms with van der Waals surface area (Å²) in [5.41, 5.74) is 4.66. The van der Waals surface area contributed by atoms with Crippen LogP contribution in [0.2, 0.25) is 0 Å². The van der Waals surface area contributed by atoms with E-state index >= 15 is 0 Å². The highest BCUT2D eigenvalue weighted by molar-refractivity contribution is 7.79. The van der Waals surface area contributed by atoms with Gasteiger partial charge in [-0.05, 0) is 83.1 Å². The lowest BCUT2D eigenvalue weighted by Crippen LogP contribution is -2.28. The Morgan fingerprint density at radius 2 is 1.65 bits per heavy atom. The van der Waals surface area contributed by atoms with Gasteiger partial charge in [0, 0.05) is 37.1 Å². The fourth-order valence-corrected chi connectivity index (χ4v) is 4.65. The Morgan fingerprint density at radius 1 is 1.02 bits per heavy atom. The van der Waals surface area contributed by atoms with Crippen LogP contribution < -0.4 is 15.5 Å². The molecule has 0 radical (unpaired) electrons. The molecule has 0 aliphatic rings. The van der Waals surface area contributed by atoms with E-state index in [0.717, 1.165) is 67.6 Å². The largest absolute Gasteiger partial charge is 0.372 e. The van der Waals surface area contributed by atoms with Crippen molar-refractivity contribution < 1.29 is 0 Å². The van der Waals surface area contributed by atoms with Gasteiger partial charge in [0.05, 0.1) is 5.82 Å². The van der Waals surface area contributed by atoms with Crippen LogP contribution >= 0.6 is 12.6 Å². The molecule has 2 rings (SSSR count). The lowest BCUT2D eigenvalue weighted by molar-refractivity contribution is 0.423. The van der Waals surface area contributed by atoms with Crippen molar-refractivity contribution in [1.82, 2.24) is 15.3 Å². The van der Waals surface area contributed by atoms with E-state index in [4.69, 9.17) is 0 Å². The number of benzene rings is 1. The smallest absolute Gasteiger partial charge is 0.139 e. The molecule has 6 nitrogen and oxygen atoms in total. The van der Waals surface area contributed by atoms with Crippen molar-refractivity contribution in [2.75, 3.05) is 36.1 Å². The molecule has 0 aliphatic heterocycles. The van der Waals surface area contributed by atoms with Crippen LogP contribution in [0, 0.1) is 18.8 Å². The minimum atomic E-state index is 0.634. The predicted molar refractivity (Wildman–Crippen MR) is 228 cm³/mol. The maximum Gasteiger partial charge on any atom is 0.139 e. The Labute approximate surface area is 309 Å². The molecular weight excluding hydrogens is 621 g/mol. The molecule has 2 aromatic rings. The minimum Gasteiger partial charge on any atom is -0.372 e. The Bertz CT molecular complexity index is 1170. The van der Waals surface area contributed by atoms with Crippen molar-refractivity contribution in [1.29, 1.82) is 0 Å². The van der Waals surface area contributed by atoms with Crippen LogP contribution in [0.1, 0.15) is 119 Å². The maximum absolute atomic E-state index is 4.60. The van der Waals surface area contributed by atoms with Crippen LogP contribution in [0.25, 0.3) is 6.08 Å². The zero-order valence-corrected chi connectivity index (χ0v) is 34.6. The molecule has 0 fully saturated rings. The van der Waals surface area contributed by atoms with Gasteiger partial charge in [-0.15, -0.1) is 0 Å². The van der Waals surface area contributed by atoms with Gasteiger partial charge >= 0.3 is 0 Å². The summed E-state index contributed by atoms with van der Waals surface area (Å²) >= 11 is 3.53. The van der Waals surface area contributed by atoms with Crippen molar-refractivity contribution in [3.8, 4) is 0 Å². The van der Waals surface area contributed by atoms with Gasteiger partial charge in [0.25, 0.3) is 0 Å². The second kappa shape index (κ2) is 34.5. The molecule has 1 aromatic heterocycles. The van der Waals surface area contributed by atoms with Gasteiger partial charge in [-0.3, -0.25) is 4.99 Å². The lowest BCUT2D eigenvalue weighted by atomic mass is 9.94. The van der Waals surface area contributed by atoms with Crippen molar-refractivity contribution in [3.05, 3.63) is 90.2 Å². The first-order valence-corrected chi connectivity index (χ1v) is 19.3. The molecule has 1 unspecified atom stereocenters. The molecule has 0 spiro atoms. The van der Waals surface area contributed by atoms with E-state index < -0.39 is 0 Å². The van der Waals surface area contributed by atoms with Crippen molar-refractivity contribution in [2.45, 2.75) is 115 Å². The Kier molecular flexibility index (Phi) is 35.3. The first kappa shape index (κ1) is 50.1. The van der Waals surface area contributed by atoms with E-state index in [-0.39, 0.29) is 0 Å². The number of rotatable bonds is 18. The summed E-state index contributed by atoms with van der Waals surface area (Å²) in [5.74, 6) is 3.87. The molecule has 2 N–H and O–H groups in total. The van der Waals surface area contributed by atoms with Gasteiger partial charge in [-0.25, -0.2) is 9.97 Å². The van der Waals surface area contributed by atoms with E-state index in [1.165, 1.54) is 24.0 Å². The van der Waals surface area contributed by atoms with Gasteiger partial charge in [0.2, 0.25) is 0 Å². The molecule has 1 aromatic carbocycles. The fraction of sp³-hybridized carbons (Fsp3) is 0.548. The first-order valence-electron chi connectivity index (χ1n) is 18.5. The molecule has 1 heterocycles. The van der Waals surface area contributed by atoms with Gasteiger partial charge in [0.1, 0.15) is 18.0 Å². The molecule has 278 valence electrons. The van der Waals surface area contributed by atoms with E-state index in [9.17, 15) is 0 Å². The summed E-state index contributed by atoms with van der Waals surface area (Å²) in [6.45, 7) is 35.6. The summed E-state index contributed by atoms with van der Waals surface area (Å²) in [4.78, 5) is 15.9. The molecule has 0 amide bonds. The highest BCUT2D eigenvalue weighted by Crippen LogP contribution is 2.26. The third-order valence-electron chi connectivity index (χ3n) is 7.33. The second-order valence-corrected chi connectivity index (χ2v) is 11.1. The highest BCUT2D eigenvalue weighted by atomic mass is 32.1. The average molecular weight is 695 g/mol. The van der Waals surface area contributed by atoms with Crippen molar-refractivity contribution in [3.63, 3.8) is 0 Å². The quantitative estimate of drug-likeness (QED) is 0.0823. The number of anilines is 2. The van der Waals surface area contributed by atoms with Gasteiger partial charge < -0.3 is 15.5 Å². The normalized spacial score (nSPS) is 11.3. The van der Waals surface area contributed by atoms with Crippen LogP contribution in [0.3, 0.4) is 0 Å². The number of allylic oxidation sites excluding steroid dienone is 4. The lowest BCUT2D eigenvalue weighted by Gasteiger charge is -2.26. The summed E-state index contributed by atoms with van der Waals surface area (Å²) in [6.07, 6.45) is 17.2. The number of nitrogens with one attached hydrogen (secondary N) is 2. The van der Waals surface area contributed by atoms with E-state index in [0.29, 0.717) is 11.8 Å². The molecule has 7 heteroatoms. The fourth-order valence-electron chi connectivity index (χ4n) is 4.65. The zero-order valence-electron chi connectivity index (χ0n) is 33.7. The summed E-state index contributed by atoms with van der Waals surface area (Å²) in [7, 11) is 0. The van der Waals surface area contributed by atoms with Gasteiger partial charge in [-0.2, -0.15) is 12.6 Å². The molecule has 49 heavy (non-hydrogen) atoms. The monoisotopic (exact) mass is 695 g/mol. The highest BCUT2D eigenvalue weighted by Gasteiger charge is 2.16. The van der Waals surface area contributed by atoms with Crippen molar-refractivity contribution >= 4 is 36.6 Å². The molecule has 0 aliphatic carbocycles. The van der Waals surface area contributed by atoms with Crippen LogP contribution in [-0.2, 0) is 0 Å². The summed E-state index contributed by atoms with van der Waals surface area (Å²) in [5, 5.41) is 6.44. The molecule has 0 saturated carbocycles. The van der Waals surface area contributed by atoms with Crippen LogP contribution in [0.5, 0.6) is 0 Å². The van der Waals surface area contributed by atoms with E-state index in [2.05, 4.69) is 134 Å². The zero-order chi connectivity index (χ0) is 38.0. The Morgan fingerprint density at radius 3 is 2.16 bits per heavy atom. The second-order valence-electron chi connectivity index (χ2n) is 11.1. The number of aromatic nitrogens is 2. The van der Waals surface area contributed by atoms with Crippen LogP contribution in [0.15, 0.2) is 84.1 Å². The number of thiol groups is 1. The number of hydrogen-bond acceptors (Lipinski definition) is 7. The van der Waals surface area contributed by atoms with Crippen molar-refractivity contribution in [2.24, 2.45) is 16.8 Å². The molecular formula is C42H74N6S. The third kappa shape index (κ3) is 23.6. The summed E-state index contributed by atoms with van der Waals surface area (Å²) < 4.78 is 0. The third-order valence-corrected chi connectivity index (χ3v) is 7.33. The SMILES string of the molecule is C=C/C(C)=C(\CCCC(CC)CCN(CC)c1ncnc(NC(=C)NCC)c1C)N=CC.CC.CC.CC(C)/C=C/c1ccccc1.CS. The Balaban J connectivity index is -0.00000103. The Hall–Kier alpha value is -3.32. The first-order chi connectivity index (χ1) is 23.7. The van der Waals surface area contributed by atoms with Crippen LogP contribution in [-0.4, -0.2) is 42.1 Å². The average Bonchev–Trinajstić information content (AvgIpc) is 3.14. The molecule has 0 bridgehead atoms.